The second-order valence-electron chi connectivity index (χ2n) is 8.37. The second kappa shape index (κ2) is 10.4. The Balaban J connectivity index is 1.36. The highest BCUT2D eigenvalue weighted by molar-refractivity contribution is 5.79. The van der Waals surface area contributed by atoms with Gasteiger partial charge in [-0.05, 0) is 62.0 Å². The minimum Gasteiger partial charge on any atom is -0.357 e. The third kappa shape index (κ3) is 5.82. The van der Waals surface area contributed by atoms with Crippen molar-refractivity contribution in [1.29, 1.82) is 0 Å². The molecule has 1 saturated heterocycles. The van der Waals surface area contributed by atoms with Crippen LogP contribution in [0.4, 0.5) is 0 Å². The van der Waals surface area contributed by atoms with Gasteiger partial charge in [-0.25, -0.2) is 4.99 Å². The van der Waals surface area contributed by atoms with E-state index in [-0.39, 0.29) is 0 Å². The van der Waals surface area contributed by atoms with E-state index in [1.807, 2.05) is 28.8 Å². The van der Waals surface area contributed by atoms with Gasteiger partial charge in [0.2, 0.25) is 0 Å². The van der Waals surface area contributed by atoms with Crippen molar-refractivity contribution in [3.8, 4) is 0 Å². The van der Waals surface area contributed by atoms with Crippen LogP contribution < -0.4 is 10.6 Å². The normalized spacial score (nSPS) is 16.0. The zero-order chi connectivity index (χ0) is 21.5. The van der Waals surface area contributed by atoms with E-state index in [1.165, 1.54) is 37.1 Å². The second-order valence-corrected chi connectivity index (χ2v) is 8.37. The lowest BCUT2D eigenvalue weighted by atomic mass is 9.98. The number of benzene rings is 1. The molecule has 4 rings (SSSR count). The van der Waals surface area contributed by atoms with Gasteiger partial charge in [-0.3, -0.25) is 9.30 Å². The van der Waals surface area contributed by atoms with Crippen LogP contribution in [0.15, 0.2) is 53.7 Å². The molecule has 2 N–H and O–H groups in total. The molecule has 0 bridgehead atoms. The number of aromatic nitrogens is 3. The summed E-state index contributed by atoms with van der Waals surface area (Å²) in [6, 6.07) is 14.7. The first kappa shape index (κ1) is 21.3. The minimum absolute atomic E-state index is 0.560. The molecule has 0 saturated carbocycles. The van der Waals surface area contributed by atoms with Gasteiger partial charge >= 0.3 is 0 Å². The molecule has 7 nitrogen and oxygen atoms in total. The highest BCUT2D eigenvalue weighted by atomic mass is 15.3. The van der Waals surface area contributed by atoms with Gasteiger partial charge in [0.1, 0.15) is 0 Å². The molecule has 0 aliphatic carbocycles. The Morgan fingerprint density at radius 2 is 1.90 bits per heavy atom. The largest absolute Gasteiger partial charge is 0.357 e. The summed E-state index contributed by atoms with van der Waals surface area (Å²) in [4.78, 5) is 7.35. The Labute approximate surface area is 184 Å². The standard InChI is InChI=1S/C24H33N7/c1-3-25-24(27-17-23-29-28-22-9-4-5-12-31(22)23)26-16-20-7-6-8-21(15-20)18-30-13-10-19(2)11-14-30/h4-9,12,15,19H,3,10-11,13-14,16-18H2,1-2H3,(H2,25,26,27). The van der Waals surface area contributed by atoms with Crippen molar-refractivity contribution in [2.45, 2.75) is 46.3 Å². The van der Waals surface area contributed by atoms with E-state index in [2.05, 4.69) is 63.8 Å². The van der Waals surface area contributed by atoms with Crippen LogP contribution >= 0.6 is 0 Å². The molecule has 1 fully saturated rings. The smallest absolute Gasteiger partial charge is 0.191 e. The summed E-state index contributed by atoms with van der Waals surface area (Å²) in [6.45, 7) is 9.87. The maximum atomic E-state index is 4.78. The molecule has 0 atom stereocenters. The number of pyridine rings is 1. The van der Waals surface area contributed by atoms with Crippen molar-refractivity contribution < 1.29 is 0 Å². The number of aliphatic imine (C=N–C) groups is 1. The van der Waals surface area contributed by atoms with Crippen LogP contribution in [0.2, 0.25) is 0 Å². The predicted octanol–water partition coefficient (Wildman–Crippen LogP) is 3.22. The van der Waals surface area contributed by atoms with Gasteiger partial charge in [-0.2, -0.15) is 0 Å². The van der Waals surface area contributed by atoms with Crippen LogP contribution in [0.25, 0.3) is 5.65 Å². The van der Waals surface area contributed by atoms with Gasteiger partial charge < -0.3 is 10.6 Å². The van der Waals surface area contributed by atoms with Crippen molar-refractivity contribution in [3.63, 3.8) is 0 Å². The van der Waals surface area contributed by atoms with E-state index >= 15 is 0 Å². The van der Waals surface area contributed by atoms with Gasteiger partial charge in [-0.15, -0.1) is 10.2 Å². The van der Waals surface area contributed by atoms with Gasteiger partial charge in [-0.1, -0.05) is 37.3 Å². The van der Waals surface area contributed by atoms with E-state index in [1.54, 1.807) is 0 Å². The van der Waals surface area contributed by atoms with Crippen LogP contribution in [-0.4, -0.2) is 45.1 Å². The van der Waals surface area contributed by atoms with Crippen molar-refractivity contribution in [2.75, 3.05) is 19.6 Å². The molecule has 164 valence electrons. The fourth-order valence-corrected chi connectivity index (χ4v) is 3.99. The Hall–Kier alpha value is -2.93. The van der Waals surface area contributed by atoms with Gasteiger partial charge in [0.25, 0.3) is 0 Å². The molecule has 7 heteroatoms. The first-order valence-electron chi connectivity index (χ1n) is 11.3. The van der Waals surface area contributed by atoms with E-state index in [4.69, 9.17) is 4.99 Å². The summed E-state index contributed by atoms with van der Waals surface area (Å²) in [6.07, 6.45) is 4.59. The number of fused-ring (bicyclic) bond motifs is 1. The summed E-state index contributed by atoms with van der Waals surface area (Å²) in [5, 5.41) is 15.2. The summed E-state index contributed by atoms with van der Waals surface area (Å²) >= 11 is 0. The lowest BCUT2D eigenvalue weighted by Gasteiger charge is -2.30. The fourth-order valence-electron chi connectivity index (χ4n) is 3.99. The molecule has 31 heavy (non-hydrogen) atoms. The highest BCUT2D eigenvalue weighted by Crippen LogP contribution is 2.18. The number of piperidine rings is 1. The molecule has 1 aromatic carbocycles. The minimum atomic E-state index is 0.560. The number of guanidine groups is 1. The molecular formula is C24H33N7. The maximum absolute atomic E-state index is 4.78. The van der Waals surface area contributed by atoms with Crippen LogP contribution in [0, 0.1) is 5.92 Å². The first-order chi connectivity index (χ1) is 15.2. The van der Waals surface area contributed by atoms with E-state index < -0.39 is 0 Å². The average Bonchev–Trinajstić information content (AvgIpc) is 3.21. The number of likely N-dealkylation sites (tertiary alicyclic amines) is 1. The van der Waals surface area contributed by atoms with Crippen LogP contribution in [0.1, 0.15) is 43.6 Å². The lowest BCUT2D eigenvalue weighted by Crippen LogP contribution is -2.37. The molecule has 3 aromatic rings. The van der Waals surface area contributed by atoms with E-state index in [9.17, 15) is 0 Å². The number of rotatable bonds is 7. The van der Waals surface area contributed by atoms with Gasteiger partial charge in [0, 0.05) is 19.3 Å². The molecular weight excluding hydrogens is 386 g/mol. The Morgan fingerprint density at radius 3 is 2.74 bits per heavy atom. The van der Waals surface area contributed by atoms with E-state index in [0.29, 0.717) is 13.1 Å². The SMILES string of the molecule is CCNC(=NCc1cccc(CN2CCC(C)CC2)c1)NCc1nnc2ccccn12. The highest BCUT2D eigenvalue weighted by Gasteiger charge is 2.15. The van der Waals surface area contributed by atoms with Crippen molar-refractivity contribution >= 4 is 11.6 Å². The van der Waals surface area contributed by atoms with Crippen LogP contribution in [0.3, 0.4) is 0 Å². The number of hydrogen-bond donors (Lipinski definition) is 2. The maximum Gasteiger partial charge on any atom is 0.191 e. The summed E-state index contributed by atoms with van der Waals surface area (Å²) < 4.78 is 1.99. The van der Waals surface area contributed by atoms with Crippen molar-refractivity contribution in [2.24, 2.45) is 10.9 Å². The molecule has 0 amide bonds. The molecule has 0 spiro atoms. The topological polar surface area (TPSA) is 69.8 Å². The van der Waals surface area contributed by atoms with Crippen LogP contribution in [-0.2, 0) is 19.6 Å². The molecule has 3 heterocycles. The van der Waals surface area contributed by atoms with Crippen molar-refractivity contribution in [3.05, 3.63) is 65.6 Å². The molecule has 2 aromatic heterocycles. The Morgan fingerprint density at radius 1 is 1.06 bits per heavy atom. The Bertz CT molecular complexity index is 1000. The first-order valence-corrected chi connectivity index (χ1v) is 11.3. The number of nitrogens with zero attached hydrogens (tertiary/aromatic N) is 5. The molecule has 1 aliphatic rings. The van der Waals surface area contributed by atoms with Crippen LogP contribution in [0.5, 0.6) is 0 Å². The summed E-state index contributed by atoms with van der Waals surface area (Å²) in [7, 11) is 0. The Kier molecular flexibility index (Phi) is 7.14. The predicted molar refractivity (Wildman–Crippen MR) is 125 cm³/mol. The summed E-state index contributed by atoms with van der Waals surface area (Å²) in [5.74, 6) is 2.51. The zero-order valence-corrected chi connectivity index (χ0v) is 18.6. The third-order valence-corrected chi connectivity index (χ3v) is 5.84. The molecule has 0 radical (unpaired) electrons. The van der Waals surface area contributed by atoms with Gasteiger partial charge in [0.05, 0.1) is 13.1 Å². The van der Waals surface area contributed by atoms with Crippen molar-refractivity contribution in [1.82, 2.24) is 30.1 Å². The fraction of sp³-hybridized carbons (Fsp3) is 0.458. The van der Waals surface area contributed by atoms with E-state index in [0.717, 1.165) is 36.4 Å². The lowest BCUT2D eigenvalue weighted by molar-refractivity contribution is 0.185. The quantitative estimate of drug-likeness (QED) is 0.455. The zero-order valence-electron chi connectivity index (χ0n) is 18.6. The molecule has 1 aliphatic heterocycles. The number of hydrogen-bond acceptors (Lipinski definition) is 4. The monoisotopic (exact) mass is 419 g/mol. The third-order valence-electron chi connectivity index (χ3n) is 5.84. The average molecular weight is 420 g/mol. The number of nitrogens with one attached hydrogen (secondary N) is 2. The summed E-state index contributed by atoms with van der Waals surface area (Å²) in [5.41, 5.74) is 3.45. The molecule has 0 unspecified atom stereocenters. The van der Waals surface area contributed by atoms with Gasteiger partial charge in [0.15, 0.2) is 17.4 Å².